The van der Waals surface area contributed by atoms with E-state index in [1.165, 1.54) is 6.20 Å². The normalized spacial score (nSPS) is 10.3. The SMILES string of the molecule is CN(CCCOCS)c1cccc[n+]1[O-]. The quantitative estimate of drug-likeness (QED) is 0.260. The minimum atomic E-state index is 0.441. The van der Waals surface area contributed by atoms with Gasteiger partial charge >= 0.3 is 0 Å². The van der Waals surface area contributed by atoms with E-state index in [2.05, 4.69) is 12.6 Å². The molecule has 5 heteroatoms. The molecule has 0 fully saturated rings. The number of anilines is 1. The number of aromatic nitrogens is 1. The molecule has 0 unspecified atom stereocenters. The van der Waals surface area contributed by atoms with Gasteiger partial charge in [0.15, 0.2) is 0 Å². The van der Waals surface area contributed by atoms with Crippen LogP contribution in [0.4, 0.5) is 5.82 Å². The Bertz CT molecular complexity index is 297. The first-order valence-electron chi connectivity index (χ1n) is 4.83. The van der Waals surface area contributed by atoms with Crippen LogP contribution in [-0.4, -0.2) is 26.1 Å². The van der Waals surface area contributed by atoms with Gasteiger partial charge in [-0.1, -0.05) is 6.07 Å². The van der Waals surface area contributed by atoms with Gasteiger partial charge in [-0.2, -0.15) is 12.6 Å². The third-order valence-corrected chi connectivity index (χ3v) is 2.25. The molecule has 0 aromatic carbocycles. The number of rotatable bonds is 6. The van der Waals surface area contributed by atoms with Gasteiger partial charge in [0.2, 0.25) is 0 Å². The molecule has 15 heavy (non-hydrogen) atoms. The Labute approximate surface area is 95.5 Å². The van der Waals surface area contributed by atoms with Crippen molar-refractivity contribution in [2.75, 3.05) is 31.0 Å². The van der Waals surface area contributed by atoms with Gasteiger partial charge in [-0.15, -0.1) is 0 Å². The van der Waals surface area contributed by atoms with Gasteiger partial charge in [0.1, 0.15) is 0 Å². The number of hydrogen-bond donors (Lipinski definition) is 1. The van der Waals surface area contributed by atoms with Crippen LogP contribution >= 0.6 is 12.6 Å². The van der Waals surface area contributed by atoms with Crippen molar-refractivity contribution >= 4 is 18.4 Å². The first-order chi connectivity index (χ1) is 7.25. The largest absolute Gasteiger partial charge is 0.711 e. The van der Waals surface area contributed by atoms with E-state index in [4.69, 9.17) is 4.74 Å². The maximum atomic E-state index is 11.4. The van der Waals surface area contributed by atoms with E-state index >= 15 is 0 Å². The van der Waals surface area contributed by atoms with Crippen LogP contribution < -0.4 is 9.63 Å². The van der Waals surface area contributed by atoms with Crippen molar-refractivity contribution in [3.63, 3.8) is 0 Å². The molecule has 0 amide bonds. The maximum absolute atomic E-state index is 11.4. The van der Waals surface area contributed by atoms with Crippen molar-refractivity contribution in [1.82, 2.24) is 0 Å². The fourth-order valence-corrected chi connectivity index (χ4v) is 1.43. The van der Waals surface area contributed by atoms with Gasteiger partial charge in [-0.25, -0.2) is 4.73 Å². The first kappa shape index (κ1) is 12.1. The lowest BCUT2D eigenvalue weighted by Crippen LogP contribution is -2.36. The van der Waals surface area contributed by atoms with Crippen molar-refractivity contribution in [3.8, 4) is 0 Å². The van der Waals surface area contributed by atoms with E-state index in [0.29, 0.717) is 18.4 Å². The molecule has 0 spiro atoms. The van der Waals surface area contributed by atoms with Crippen LogP contribution in [0.5, 0.6) is 0 Å². The topological polar surface area (TPSA) is 39.4 Å². The number of thiol groups is 1. The lowest BCUT2D eigenvalue weighted by molar-refractivity contribution is -0.592. The van der Waals surface area contributed by atoms with E-state index < -0.39 is 0 Å². The standard InChI is InChI=1S/C10H16N2O2S/c1-11(6-4-8-14-9-15)10-5-2-3-7-12(10)13/h2-3,5,7,15H,4,6,8-9H2,1H3. The summed E-state index contributed by atoms with van der Waals surface area (Å²) < 4.78 is 5.96. The molecule has 0 aliphatic carbocycles. The van der Waals surface area contributed by atoms with Gasteiger partial charge in [0.05, 0.1) is 32.3 Å². The van der Waals surface area contributed by atoms with Crippen LogP contribution in [0.25, 0.3) is 0 Å². The highest BCUT2D eigenvalue weighted by Crippen LogP contribution is 2.04. The average molecular weight is 228 g/mol. The molecule has 0 radical (unpaired) electrons. The van der Waals surface area contributed by atoms with E-state index in [1.807, 2.05) is 18.0 Å². The number of pyridine rings is 1. The Hall–Kier alpha value is -0.940. The second-order valence-electron chi connectivity index (χ2n) is 3.20. The van der Waals surface area contributed by atoms with E-state index in [9.17, 15) is 5.21 Å². The van der Waals surface area contributed by atoms with Crippen molar-refractivity contribution in [2.24, 2.45) is 0 Å². The van der Waals surface area contributed by atoms with Crippen LogP contribution in [0, 0.1) is 5.21 Å². The Balaban J connectivity index is 2.40. The third kappa shape index (κ3) is 3.97. The molecule has 0 bridgehead atoms. The average Bonchev–Trinajstić information content (AvgIpc) is 2.25. The van der Waals surface area contributed by atoms with Gasteiger partial charge < -0.3 is 9.94 Å². The summed E-state index contributed by atoms with van der Waals surface area (Å²) in [5.41, 5.74) is 0. The van der Waals surface area contributed by atoms with Crippen LogP contribution in [0.15, 0.2) is 24.4 Å². The van der Waals surface area contributed by atoms with Crippen molar-refractivity contribution < 1.29 is 9.47 Å². The zero-order chi connectivity index (χ0) is 11.1. The Morgan fingerprint density at radius 1 is 1.53 bits per heavy atom. The first-order valence-corrected chi connectivity index (χ1v) is 5.47. The van der Waals surface area contributed by atoms with Crippen molar-refractivity contribution in [3.05, 3.63) is 29.6 Å². The van der Waals surface area contributed by atoms with Crippen molar-refractivity contribution in [2.45, 2.75) is 6.42 Å². The molecular formula is C10H16N2O2S. The van der Waals surface area contributed by atoms with Crippen LogP contribution in [0.3, 0.4) is 0 Å². The molecule has 0 saturated heterocycles. The smallest absolute Gasteiger partial charge is 0.279 e. The Morgan fingerprint density at radius 3 is 3.00 bits per heavy atom. The molecular weight excluding hydrogens is 212 g/mol. The lowest BCUT2D eigenvalue weighted by atomic mass is 10.4. The summed E-state index contributed by atoms with van der Waals surface area (Å²) in [5.74, 6) is 1.10. The van der Waals surface area contributed by atoms with E-state index in [0.717, 1.165) is 17.7 Å². The molecule has 0 N–H and O–H groups in total. The maximum Gasteiger partial charge on any atom is 0.279 e. The monoisotopic (exact) mass is 228 g/mol. The molecule has 1 heterocycles. The second kappa shape index (κ2) is 6.53. The zero-order valence-corrected chi connectivity index (χ0v) is 9.69. The molecule has 1 aromatic rings. The molecule has 0 atom stereocenters. The van der Waals surface area contributed by atoms with Crippen LogP contribution in [-0.2, 0) is 4.74 Å². The Morgan fingerprint density at radius 2 is 2.33 bits per heavy atom. The van der Waals surface area contributed by atoms with Gasteiger partial charge in [-0.05, 0) is 6.07 Å². The third-order valence-electron chi connectivity index (χ3n) is 2.07. The summed E-state index contributed by atoms with van der Waals surface area (Å²) in [6.07, 6.45) is 2.38. The van der Waals surface area contributed by atoms with E-state index in [1.54, 1.807) is 12.1 Å². The summed E-state index contributed by atoms with van der Waals surface area (Å²) in [5, 5.41) is 11.4. The summed E-state index contributed by atoms with van der Waals surface area (Å²) in [7, 11) is 1.89. The molecule has 0 saturated carbocycles. The van der Waals surface area contributed by atoms with Gasteiger partial charge in [-0.3, -0.25) is 4.90 Å². The zero-order valence-electron chi connectivity index (χ0n) is 8.80. The number of hydrogen-bond acceptors (Lipinski definition) is 4. The van der Waals surface area contributed by atoms with E-state index in [-0.39, 0.29) is 0 Å². The summed E-state index contributed by atoms with van der Waals surface area (Å²) in [6.45, 7) is 1.46. The predicted molar refractivity (Wildman–Crippen MR) is 63.1 cm³/mol. The fraction of sp³-hybridized carbons (Fsp3) is 0.500. The number of nitrogens with zero attached hydrogens (tertiary/aromatic N) is 2. The molecule has 0 aliphatic rings. The number of ether oxygens (including phenoxy) is 1. The second-order valence-corrected chi connectivity index (χ2v) is 3.46. The highest BCUT2D eigenvalue weighted by atomic mass is 32.1. The minimum Gasteiger partial charge on any atom is -0.711 e. The highest BCUT2D eigenvalue weighted by Gasteiger charge is 2.09. The van der Waals surface area contributed by atoms with Gasteiger partial charge in [0, 0.05) is 12.5 Å². The lowest BCUT2D eigenvalue weighted by Gasteiger charge is -2.16. The summed E-state index contributed by atoms with van der Waals surface area (Å²) >= 11 is 3.94. The summed E-state index contributed by atoms with van der Waals surface area (Å²) in [6, 6.07) is 5.37. The molecule has 1 rings (SSSR count). The van der Waals surface area contributed by atoms with Crippen molar-refractivity contribution in [1.29, 1.82) is 0 Å². The molecule has 1 aromatic heterocycles. The van der Waals surface area contributed by atoms with Crippen LogP contribution in [0.2, 0.25) is 0 Å². The minimum absolute atomic E-state index is 0.441. The predicted octanol–water partition coefficient (Wildman–Crippen LogP) is 1.05. The molecule has 4 nitrogen and oxygen atoms in total. The molecule has 84 valence electrons. The Kier molecular flexibility index (Phi) is 5.28. The highest BCUT2D eigenvalue weighted by molar-refractivity contribution is 7.80. The van der Waals surface area contributed by atoms with Crippen LogP contribution in [0.1, 0.15) is 6.42 Å². The fourth-order valence-electron chi connectivity index (χ4n) is 1.30. The van der Waals surface area contributed by atoms with Gasteiger partial charge in [0.25, 0.3) is 5.82 Å². The molecule has 0 aliphatic heterocycles. The summed E-state index contributed by atoms with van der Waals surface area (Å²) in [4.78, 5) is 1.91.